The number of anilines is 1. The Bertz CT molecular complexity index is 1130. The van der Waals surface area contributed by atoms with Gasteiger partial charge in [0, 0.05) is 36.1 Å². The molecule has 0 atom stereocenters. The molecule has 3 aromatic heterocycles. The summed E-state index contributed by atoms with van der Waals surface area (Å²) in [5.74, 6) is 1.78. The number of nitrogens with zero attached hydrogens (tertiary/aromatic N) is 3. The number of amides is 1. The van der Waals surface area contributed by atoms with Crippen molar-refractivity contribution >= 4 is 22.7 Å². The molecule has 3 heterocycles. The van der Waals surface area contributed by atoms with Crippen LogP contribution >= 0.6 is 0 Å². The lowest BCUT2D eigenvalue weighted by Gasteiger charge is -2.06. The van der Waals surface area contributed by atoms with Crippen LogP contribution in [0, 0.1) is 27.7 Å². The van der Waals surface area contributed by atoms with Crippen LogP contribution < -0.4 is 5.32 Å². The number of aromatic nitrogens is 3. The van der Waals surface area contributed by atoms with Crippen molar-refractivity contribution in [3.05, 3.63) is 58.9 Å². The molecule has 0 fully saturated rings. The van der Waals surface area contributed by atoms with Crippen LogP contribution in [0.4, 0.5) is 5.69 Å². The summed E-state index contributed by atoms with van der Waals surface area (Å²) in [6.45, 7) is 7.43. The number of hydrogen-bond donors (Lipinski definition) is 1. The number of hydrogen-bond acceptors (Lipinski definition) is 5. The molecule has 26 heavy (non-hydrogen) atoms. The molecule has 0 saturated heterocycles. The predicted molar refractivity (Wildman–Crippen MR) is 96.7 cm³/mol. The number of benzene rings is 1. The minimum absolute atomic E-state index is 0.194. The topological polar surface area (TPSA) is 86.1 Å². The van der Waals surface area contributed by atoms with Gasteiger partial charge in [-0.05, 0) is 39.0 Å². The molecule has 7 heteroatoms. The van der Waals surface area contributed by atoms with E-state index in [1.54, 1.807) is 13.0 Å². The smallest absolute Gasteiger partial charge is 0.257 e. The van der Waals surface area contributed by atoms with Gasteiger partial charge in [-0.1, -0.05) is 5.16 Å². The quantitative estimate of drug-likeness (QED) is 0.601. The summed E-state index contributed by atoms with van der Waals surface area (Å²) in [7, 11) is 0. The Kier molecular flexibility index (Phi) is 3.64. The molecule has 7 nitrogen and oxygen atoms in total. The molecule has 0 unspecified atom stereocenters. The molecule has 0 aliphatic carbocycles. The summed E-state index contributed by atoms with van der Waals surface area (Å²) in [5, 5.41) is 6.95. The van der Waals surface area contributed by atoms with Crippen molar-refractivity contribution in [3.8, 4) is 5.82 Å². The minimum atomic E-state index is -0.194. The van der Waals surface area contributed by atoms with E-state index in [1.165, 1.54) is 0 Å². The van der Waals surface area contributed by atoms with E-state index in [4.69, 9.17) is 8.94 Å². The van der Waals surface area contributed by atoms with Crippen LogP contribution in [0.15, 0.2) is 39.3 Å². The molecular weight excluding hydrogens is 332 g/mol. The first kappa shape index (κ1) is 16.1. The second-order valence-electron chi connectivity index (χ2n) is 6.29. The molecule has 0 bridgehead atoms. The predicted octanol–water partition coefficient (Wildman–Crippen LogP) is 4.09. The van der Waals surface area contributed by atoms with Crippen molar-refractivity contribution in [2.24, 2.45) is 0 Å². The summed E-state index contributed by atoms with van der Waals surface area (Å²) in [6, 6.07) is 9.08. The van der Waals surface area contributed by atoms with E-state index in [0.717, 1.165) is 16.9 Å². The largest absolute Gasteiger partial charge is 0.441 e. The van der Waals surface area contributed by atoms with Crippen LogP contribution in [0.2, 0.25) is 0 Å². The molecule has 4 aromatic rings. The third-order valence-electron chi connectivity index (χ3n) is 4.27. The molecule has 132 valence electrons. The maximum atomic E-state index is 12.8. The van der Waals surface area contributed by atoms with Gasteiger partial charge in [0.25, 0.3) is 5.91 Å². The third kappa shape index (κ3) is 2.67. The summed E-state index contributed by atoms with van der Waals surface area (Å²) in [4.78, 5) is 17.0. The van der Waals surface area contributed by atoms with Crippen molar-refractivity contribution in [2.45, 2.75) is 27.7 Å². The zero-order valence-corrected chi connectivity index (χ0v) is 15.0. The Hall–Kier alpha value is -3.35. The summed E-state index contributed by atoms with van der Waals surface area (Å²) in [6.07, 6.45) is 0. The first-order valence-electron chi connectivity index (χ1n) is 8.23. The first-order chi connectivity index (χ1) is 12.4. The van der Waals surface area contributed by atoms with Gasteiger partial charge in [-0.15, -0.1) is 0 Å². The summed E-state index contributed by atoms with van der Waals surface area (Å²) in [5.41, 5.74) is 4.34. The first-order valence-corrected chi connectivity index (χ1v) is 8.23. The lowest BCUT2D eigenvalue weighted by atomic mass is 10.2. The second-order valence-corrected chi connectivity index (χ2v) is 6.29. The Morgan fingerprint density at radius 1 is 1.12 bits per heavy atom. The van der Waals surface area contributed by atoms with E-state index in [1.807, 2.05) is 49.6 Å². The molecule has 1 N–H and O–H groups in total. The van der Waals surface area contributed by atoms with Crippen molar-refractivity contribution in [3.63, 3.8) is 0 Å². The van der Waals surface area contributed by atoms with Crippen molar-refractivity contribution in [1.82, 2.24) is 14.7 Å². The highest BCUT2D eigenvalue weighted by molar-refractivity contribution is 6.06. The number of fused-ring (bicyclic) bond motifs is 1. The maximum Gasteiger partial charge on any atom is 0.257 e. The molecule has 4 rings (SSSR count). The lowest BCUT2D eigenvalue weighted by molar-refractivity contribution is 0.102. The van der Waals surface area contributed by atoms with Gasteiger partial charge in [0.15, 0.2) is 17.3 Å². The Morgan fingerprint density at radius 3 is 2.65 bits per heavy atom. The van der Waals surface area contributed by atoms with Gasteiger partial charge in [0.1, 0.15) is 11.3 Å². The van der Waals surface area contributed by atoms with E-state index in [0.29, 0.717) is 34.3 Å². The van der Waals surface area contributed by atoms with Crippen LogP contribution in [0.3, 0.4) is 0 Å². The summed E-state index contributed by atoms with van der Waals surface area (Å²) < 4.78 is 12.6. The van der Waals surface area contributed by atoms with Gasteiger partial charge in [0.05, 0.1) is 5.56 Å². The van der Waals surface area contributed by atoms with Crippen LogP contribution in [0.5, 0.6) is 0 Å². The fraction of sp³-hybridized carbons (Fsp3) is 0.211. The van der Waals surface area contributed by atoms with E-state index >= 15 is 0 Å². The average Bonchev–Trinajstić information content (AvgIpc) is 3.24. The average molecular weight is 350 g/mol. The Balaban J connectivity index is 1.65. The number of nitrogens with one attached hydrogen (secondary N) is 1. The van der Waals surface area contributed by atoms with Gasteiger partial charge in [-0.25, -0.2) is 4.98 Å². The number of carbonyl (C=O) groups excluding carboxylic acids is 1. The van der Waals surface area contributed by atoms with Crippen molar-refractivity contribution < 1.29 is 13.7 Å². The maximum absolute atomic E-state index is 12.8. The molecule has 0 aliphatic heterocycles. The highest BCUT2D eigenvalue weighted by Gasteiger charge is 2.19. The molecule has 0 aliphatic rings. The highest BCUT2D eigenvalue weighted by atomic mass is 16.5. The van der Waals surface area contributed by atoms with Gasteiger partial charge >= 0.3 is 0 Å². The minimum Gasteiger partial charge on any atom is -0.441 e. The van der Waals surface area contributed by atoms with Gasteiger partial charge in [0.2, 0.25) is 0 Å². The van der Waals surface area contributed by atoms with Gasteiger partial charge in [-0.3, -0.25) is 9.36 Å². The van der Waals surface area contributed by atoms with Crippen molar-refractivity contribution in [1.29, 1.82) is 0 Å². The number of rotatable bonds is 3. The normalized spacial score (nSPS) is 11.2. The monoisotopic (exact) mass is 350 g/mol. The molecule has 0 spiro atoms. The Morgan fingerprint density at radius 2 is 1.92 bits per heavy atom. The third-order valence-corrected chi connectivity index (χ3v) is 4.27. The zero-order valence-electron chi connectivity index (χ0n) is 15.0. The number of aryl methyl sites for hydroxylation is 3. The van der Waals surface area contributed by atoms with Crippen LogP contribution in [-0.2, 0) is 0 Å². The van der Waals surface area contributed by atoms with E-state index < -0.39 is 0 Å². The number of carbonyl (C=O) groups is 1. The van der Waals surface area contributed by atoms with Crippen LogP contribution in [0.1, 0.15) is 33.4 Å². The van der Waals surface area contributed by atoms with Gasteiger partial charge in [-0.2, -0.15) is 0 Å². The molecule has 1 amide bonds. The highest BCUT2D eigenvalue weighted by Crippen LogP contribution is 2.23. The Labute approximate surface area is 149 Å². The standard InChI is InChI=1S/C19H18N4O3/c1-10-7-15(12(3)23(10)18-8-11(2)26-22-18)19(24)21-14-5-6-16-17(9-14)25-13(4)20-16/h5-9H,1-4H3,(H,21,24). The van der Waals surface area contributed by atoms with E-state index in [-0.39, 0.29) is 5.91 Å². The van der Waals surface area contributed by atoms with Crippen LogP contribution in [-0.4, -0.2) is 20.6 Å². The zero-order chi connectivity index (χ0) is 18.4. The molecule has 1 aromatic carbocycles. The number of oxazole rings is 1. The van der Waals surface area contributed by atoms with E-state index in [9.17, 15) is 4.79 Å². The lowest BCUT2D eigenvalue weighted by Crippen LogP contribution is -2.13. The fourth-order valence-electron chi connectivity index (χ4n) is 3.12. The molecule has 0 saturated carbocycles. The van der Waals surface area contributed by atoms with E-state index in [2.05, 4.69) is 15.5 Å². The second kappa shape index (κ2) is 5.87. The fourth-order valence-corrected chi connectivity index (χ4v) is 3.12. The van der Waals surface area contributed by atoms with Crippen LogP contribution in [0.25, 0.3) is 16.9 Å². The summed E-state index contributed by atoms with van der Waals surface area (Å²) >= 11 is 0. The molecular formula is C19H18N4O3. The van der Waals surface area contributed by atoms with Crippen molar-refractivity contribution in [2.75, 3.05) is 5.32 Å². The SMILES string of the molecule is Cc1cc(-n2c(C)cc(C(=O)Nc3ccc4nc(C)oc4c3)c2C)no1. The van der Waals surface area contributed by atoms with Gasteiger partial charge < -0.3 is 14.3 Å². The molecule has 0 radical (unpaired) electrons.